The molecule has 1 heterocycles. The van der Waals surface area contributed by atoms with Gasteiger partial charge in [-0.05, 0) is 42.6 Å². The first-order valence-electron chi connectivity index (χ1n) is 5.47. The van der Waals surface area contributed by atoms with Crippen LogP contribution in [-0.4, -0.2) is 11.6 Å². The van der Waals surface area contributed by atoms with Crippen LogP contribution in [0.5, 0.6) is 0 Å². The van der Waals surface area contributed by atoms with E-state index in [1.54, 1.807) is 24.4 Å². The molecule has 1 aromatic heterocycles. The van der Waals surface area contributed by atoms with E-state index in [0.29, 0.717) is 10.4 Å². The minimum absolute atomic E-state index is 0.195. The van der Waals surface area contributed by atoms with Gasteiger partial charge in [0.15, 0.2) is 11.6 Å². The molecule has 0 spiro atoms. The Hall–Kier alpha value is -1.81. The zero-order chi connectivity index (χ0) is 13.1. The lowest BCUT2D eigenvalue weighted by Gasteiger charge is -2.08. The fraction of sp³-hybridized carbons (Fsp3) is 0.143. The van der Waals surface area contributed by atoms with Crippen LogP contribution in [0.3, 0.4) is 0 Å². The highest BCUT2D eigenvalue weighted by molar-refractivity contribution is 7.12. The maximum atomic E-state index is 12.8. The van der Waals surface area contributed by atoms with Gasteiger partial charge < -0.3 is 0 Å². The predicted molar refractivity (Wildman–Crippen MR) is 68.5 cm³/mol. The molecule has 2 nitrogen and oxygen atoms in total. The topological polar surface area (TPSA) is 34.1 Å². The lowest BCUT2D eigenvalue weighted by atomic mass is 9.95. The maximum absolute atomic E-state index is 12.8. The Morgan fingerprint density at radius 2 is 1.78 bits per heavy atom. The molecule has 0 fully saturated rings. The Morgan fingerprint density at radius 3 is 2.33 bits per heavy atom. The number of carbonyl (C=O) groups is 2. The van der Waals surface area contributed by atoms with Crippen molar-refractivity contribution in [2.45, 2.75) is 6.92 Å². The summed E-state index contributed by atoms with van der Waals surface area (Å²) in [7, 11) is 0. The summed E-state index contributed by atoms with van der Waals surface area (Å²) < 4.78 is 12.8. The van der Waals surface area contributed by atoms with Crippen molar-refractivity contribution in [3.63, 3.8) is 0 Å². The van der Waals surface area contributed by atoms with Crippen LogP contribution in [0, 0.1) is 11.7 Å². The minimum Gasteiger partial charge on any atom is -0.293 e. The summed E-state index contributed by atoms with van der Waals surface area (Å²) in [6.07, 6.45) is 0. The van der Waals surface area contributed by atoms with E-state index in [4.69, 9.17) is 0 Å². The average molecular weight is 262 g/mol. The van der Waals surface area contributed by atoms with Gasteiger partial charge in [-0.3, -0.25) is 9.59 Å². The number of thiophene rings is 1. The van der Waals surface area contributed by atoms with E-state index in [1.165, 1.54) is 35.6 Å². The lowest BCUT2D eigenvalue weighted by Crippen LogP contribution is -2.20. The molecule has 0 aliphatic heterocycles. The van der Waals surface area contributed by atoms with Crippen LogP contribution < -0.4 is 0 Å². The Bertz CT molecular complexity index is 558. The minimum atomic E-state index is -0.742. The molecule has 18 heavy (non-hydrogen) atoms. The summed E-state index contributed by atoms with van der Waals surface area (Å²) in [6, 6.07) is 8.70. The first kappa shape index (κ1) is 12.6. The Labute approximate surface area is 108 Å². The molecule has 0 aliphatic carbocycles. The third-order valence-corrected chi connectivity index (χ3v) is 3.56. The molecule has 0 bridgehead atoms. The van der Waals surface area contributed by atoms with E-state index < -0.39 is 11.7 Å². The van der Waals surface area contributed by atoms with Gasteiger partial charge in [0.25, 0.3) is 0 Å². The summed E-state index contributed by atoms with van der Waals surface area (Å²) >= 11 is 1.31. The molecule has 2 rings (SSSR count). The van der Waals surface area contributed by atoms with Gasteiger partial charge in [-0.15, -0.1) is 11.3 Å². The van der Waals surface area contributed by atoms with Crippen LogP contribution in [0.1, 0.15) is 27.0 Å². The molecule has 0 amide bonds. The van der Waals surface area contributed by atoms with Crippen molar-refractivity contribution in [3.8, 4) is 0 Å². The highest BCUT2D eigenvalue weighted by atomic mass is 32.1. The Kier molecular flexibility index (Phi) is 3.67. The fourth-order valence-corrected chi connectivity index (χ4v) is 2.37. The van der Waals surface area contributed by atoms with Crippen molar-refractivity contribution in [3.05, 3.63) is 58.0 Å². The van der Waals surface area contributed by atoms with Gasteiger partial charge in [0.2, 0.25) is 0 Å². The van der Waals surface area contributed by atoms with Crippen LogP contribution in [0.4, 0.5) is 4.39 Å². The zero-order valence-electron chi connectivity index (χ0n) is 9.72. The molecule has 1 unspecified atom stereocenters. The second kappa shape index (κ2) is 5.23. The molecule has 0 saturated heterocycles. The van der Waals surface area contributed by atoms with Gasteiger partial charge in [-0.2, -0.15) is 0 Å². The third-order valence-electron chi connectivity index (χ3n) is 2.68. The quantitative estimate of drug-likeness (QED) is 0.623. The van der Waals surface area contributed by atoms with Gasteiger partial charge in [0, 0.05) is 5.56 Å². The van der Waals surface area contributed by atoms with Crippen LogP contribution in [0.25, 0.3) is 0 Å². The van der Waals surface area contributed by atoms with E-state index in [1.807, 2.05) is 0 Å². The van der Waals surface area contributed by atoms with E-state index in [2.05, 4.69) is 0 Å². The molecule has 0 N–H and O–H groups in total. The number of Topliss-reactive ketones (excluding diaryl/α,β-unsaturated/α-hetero) is 2. The average Bonchev–Trinajstić information content (AvgIpc) is 2.91. The monoisotopic (exact) mass is 262 g/mol. The van der Waals surface area contributed by atoms with Crippen LogP contribution in [0.15, 0.2) is 41.8 Å². The number of benzene rings is 1. The van der Waals surface area contributed by atoms with Crippen LogP contribution >= 0.6 is 11.3 Å². The molecule has 1 aromatic carbocycles. The SMILES string of the molecule is CC(C(=O)c1ccc(F)cc1)C(=O)c1cccs1. The number of carbonyl (C=O) groups excluding carboxylic acids is 2. The largest absolute Gasteiger partial charge is 0.293 e. The summed E-state index contributed by atoms with van der Waals surface area (Å²) in [4.78, 5) is 24.6. The second-order valence-corrected chi connectivity index (χ2v) is 4.88. The van der Waals surface area contributed by atoms with Crippen molar-refractivity contribution in [2.24, 2.45) is 5.92 Å². The van der Waals surface area contributed by atoms with Crippen LogP contribution in [0.2, 0.25) is 0 Å². The Morgan fingerprint density at radius 1 is 1.11 bits per heavy atom. The molecule has 92 valence electrons. The predicted octanol–water partition coefficient (Wildman–Crippen LogP) is 3.59. The summed E-state index contributed by atoms with van der Waals surface area (Å²) in [5, 5.41) is 1.79. The fourth-order valence-electron chi connectivity index (χ4n) is 1.62. The van der Waals surface area contributed by atoms with E-state index in [9.17, 15) is 14.0 Å². The van der Waals surface area contributed by atoms with Gasteiger partial charge in [-0.1, -0.05) is 6.07 Å². The standard InChI is InChI=1S/C14H11FO2S/c1-9(14(17)12-3-2-8-18-12)13(16)10-4-6-11(15)7-5-10/h2-9H,1H3. The number of ketones is 2. The normalized spacial score (nSPS) is 12.1. The molecule has 1 atom stereocenters. The summed E-state index contributed by atoms with van der Waals surface area (Å²) in [5.74, 6) is -1.62. The summed E-state index contributed by atoms with van der Waals surface area (Å²) in [6.45, 7) is 1.58. The van der Waals surface area contributed by atoms with Gasteiger partial charge >= 0.3 is 0 Å². The number of hydrogen-bond donors (Lipinski definition) is 0. The molecule has 0 aliphatic rings. The highest BCUT2D eigenvalue weighted by Crippen LogP contribution is 2.18. The summed E-state index contributed by atoms with van der Waals surface area (Å²) in [5.41, 5.74) is 0.355. The highest BCUT2D eigenvalue weighted by Gasteiger charge is 2.24. The van der Waals surface area contributed by atoms with Crippen molar-refractivity contribution < 1.29 is 14.0 Å². The molecular formula is C14H11FO2S. The third kappa shape index (κ3) is 2.54. The smallest absolute Gasteiger partial charge is 0.183 e. The van der Waals surface area contributed by atoms with Gasteiger partial charge in [-0.25, -0.2) is 4.39 Å². The number of rotatable bonds is 4. The molecule has 4 heteroatoms. The second-order valence-electron chi connectivity index (χ2n) is 3.93. The van der Waals surface area contributed by atoms with Gasteiger partial charge in [0.1, 0.15) is 5.82 Å². The van der Waals surface area contributed by atoms with E-state index >= 15 is 0 Å². The first-order chi connectivity index (χ1) is 8.59. The van der Waals surface area contributed by atoms with Crippen LogP contribution in [-0.2, 0) is 0 Å². The zero-order valence-corrected chi connectivity index (χ0v) is 10.5. The molecular weight excluding hydrogens is 251 g/mol. The maximum Gasteiger partial charge on any atom is 0.183 e. The van der Waals surface area contributed by atoms with Crippen molar-refractivity contribution >= 4 is 22.9 Å². The van der Waals surface area contributed by atoms with E-state index in [-0.39, 0.29) is 11.6 Å². The number of hydrogen-bond acceptors (Lipinski definition) is 3. The molecule has 2 aromatic rings. The number of halogens is 1. The van der Waals surface area contributed by atoms with Crippen molar-refractivity contribution in [2.75, 3.05) is 0 Å². The van der Waals surface area contributed by atoms with Crippen molar-refractivity contribution in [1.82, 2.24) is 0 Å². The first-order valence-corrected chi connectivity index (χ1v) is 6.35. The Balaban J connectivity index is 2.19. The van der Waals surface area contributed by atoms with Crippen molar-refractivity contribution in [1.29, 1.82) is 0 Å². The lowest BCUT2D eigenvalue weighted by molar-refractivity contribution is 0.0823. The van der Waals surface area contributed by atoms with Gasteiger partial charge in [0.05, 0.1) is 10.8 Å². The van der Waals surface area contributed by atoms with E-state index in [0.717, 1.165) is 0 Å². The molecule has 0 radical (unpaired) electrons. The molecule has 0 saturated carbocycles.